The first-order chi connectivity index (χ1) is 11.2. The molecule has 2 aromatic heterocycles. The van der Waals surface area contributed by atoms with Crippen LogP contribution in [0.2, 0.25) is 0 Å². The molecular formula is C16H16N6O. The van der Waals surface area contributed by atoms with Gasteiger partial charge in [0.15, 0.2) is 11.5 Å². The minimum Gasteiger partial charge on any atom is -0.382 e. The fraction of sp³-hybridized carbons (Fsp3) is 0.0625. The third kappa shape index (κ3) is 4.07. The SMILES string of the molecule is C=C/C(=C\N=CC)c1cnc(N)c(C(=O)Nc2ccccn2)n1. The number of amides is 1. The summed E-state index contributed by atoms with van der Waals surface area (Å²) in [4.78, 5) is 28.6. The van der Waals surface area contributed by atoms with Crippen LogP contribution in [0.5, 0.6) is 0 Å². The van der Waals surface area contributed by atoms with Crippen molar-refractivity contribution < 1.29 is 4.79 Å². The first kappa shape index (κ1) is 16.0. The van der Waals surface area contributed by atoms with Crippen LogP contribution in [0.25, 0.3) is 5.57 Å². The van der Waals surface area contributed by atoms with Crippen LogP contribution in [0.4, 0.5) is 11.6 Å². The Morgan fingerprint density at radius 1 is 1.39 bits per heavy atom. The predicted octanol–water partition coefficient (Wildman–Crippen LogP) is 2.32. The fourth-order valence-corrected chi connectivity index (χ4v) is 1.70. The van der Waals surface area contributed by atoms with Gasteiger partial charge in [-0.2, -0.15) is 0 Å². The molecule has 0 saturated heterocycles. The number of nitrogens with zero attached hydrogens (tertiary/aromatic N) is 4. The second kappa shape index (κ2) is 7.60. The Bertz CT molecular complexity index is 767. The number of aliphatic imine (C=N–C) groups is 1. The average Bonchev–Trinajstić information content (AvgIpc) is 2.57. The molecule has 3 N–H and O–H groups in total. The first-order valence-electron chi connectivity index (χ1n) is 6.81. The van der Waals surface area contributed by atoms with Gasteiger partial charge in [0.2, 0.25) is 0 Å². The van der Waals surface area contributed by atoms with Crippen molar-refractivity contribution in [2.75, 3.05) is 11.1 Å². The van der Waals surface area contributed by atoms with Gasteiger partial charge in [0.05, 0.1) is 11.9 Å². The third-order valence-electron chi connectivity index (χ3n) is 2.80. The van der Waals surface area contributed by atoms with Crippen LogP contribution in [-0.2, 0) is 0 Å². The average molecular weight is 308 g/mol. The number of allylic oxidation sites excluding steroid dienone is 2. The number of carbonyl (C=O) groups excluding carboxylic acids is 1. The van der Waals surface area contributed by atoms with Gasteiger partial charge in [-0.25, -0.2) is 15.0 Å². The number of hydrogen-bond acceptors (Lipinski definition) is 6. The van der Waals surface area contributed by atoms with Gasteiger partial charge in [0.1, 0.15) is 5.82 Å². The molecule has 0 aliphatic carbocycles. The van der Waals surface area contributed by atoms with E-state index >= 15 is 0 Å². The maximum atomic E-state index is 12.3. The third-order valence-corrected chi connectivity index (χ3v) is 2.80. The molecule has 116 valence electrons. The summed E-state index contributed by atoms with van der Waals surface area (Å²) < 4.78 is 0. The molecule has 7 heteroatoms. The molecule has 0 bridgehead atoms. The van der Waals surface area contributed by atoms with Crippen molar-refractivity contribution in [1.82, 2.24) is 15.0 Å². The van der Waals surface area contributed by atoms with E-state index in [1.54, 1.807) is 49.8 Å². The number of nitrogen functional groups attached to an aromatic ring is 1. The van der Waals surface area contributed by atoms with Crippen molar-refractivity contribution in [3.63, 3.8) is 0 Å². The monoisotopic (exact) mass is 308 g/mol. The second-order valence-electron chi connectivity index (χ2n) is 4.35. The highest BCUT2D eigenvalue weighted by Gasteiger charge is 2.15. The maximum absolute atomic E-state index is 12.3. The van der Waals surface area contributed by atoms with Crippen molar-refractivity contribution in [2.45, 2.75) is 6.92 Å². The lowest BCUT2D eigenvalue weighted by molar-refractivity contribution is 0.102. The van der Waals surface area contributed by atoms with Crippen LogP contribution in [-0.4, -0.2) is 27.1 Å². The second-order valence-corrected chi connectivity index (χ2v) is 4.35. The minimum atomic E-state index is -0.488. The normalized spacial score (nSPS) is 11.4. The molecular weight excluding hydrogens is 292 g/mol. The van der Waals surface area contributed by atoms with E-state index in [1.165, 1.54) is 6.20 Å². The molecule has 0 saturated carbocycles. The zero-order chi connectivity index (χ0) is 16.7. The molecule has 0 aliphatic rings. The standard InChI is InChI=1S/C16H16N6O/c1-3-11(9-18-4-2)12-10-20-15(17)14(21-12)16(23)22-13-7-5-6-8-19-13/h3-10H,1H2,2H3,(H2,17,20)(H,19,22,23)/b11-9+,18-4?. The van der Waals surface area contributed by atoms with Crippen LogP contribution >= 0.6 is 0 Å². The van der Waals surface area contributed by atoms with Gasteiger partial charge >= 0.3 is 0 Å². The van der Waals surface area contributed by atoms with Gasteiger partial charge < -0.3 is 11.1 Å². The maximum Gasteiger partial charge on any atom is 0.279 e. The van der Waals surface area contributed by atoms with Crippen LogP contribution in [0.1, 0.15) is 23.1 Å². The number of rotatable bonds is 5. The topological polar surface area (TPSA) is 106 Å². The van der Waals surface area contributed by atoms with Crippen LogP contribution in [0, 0.1) is 0 Å². The van der Waals surface area contributed by atoms with Gasteiger partial charge in [0.25, 0.3) is 5.91 Å². The lowest BCUT2D eigenvalue weighted by Gasteiger charge is -2.07. The fourth-order valence-electron chi connectivity index (χ4n) is 1.70. The zero-order valence-electron chi connectivity index (χ0n) is 12.6. The van der Waals surface area contributed by atoms with Crippen molar-refractivity contribution in [1.29, 1.82) is 0 Å². The van der Waals surface area contributed by atoms with Gasteiger partial charge in [-0.15, -0.1) is 0 Å². The van der Waals surface area contributed by atoms with Crippen molar-refractivity contribution >= 4 is 29.3 Å². The summed E-state index contributed by atoms with van der Waals surface area (Å²) >= 11 is 0. The number of aromatic nitrogens is 3. The summed E-state index contributed by atoms with van der Waals surface area (Å²) in [7, 11) is 0. The Morgan fingerprint density at radius 2 is 2.22 bits per heavy atom. The summed E-state index contributed by atoms with van der Waals surface area (Å²) in [6.45, 7) is 5.49. The molecule has 2 heterocycles. The molecule has 0 aliphatic heterocycles. The molecule has 0 fully saturated rings. The van der Waals surface area contributed by atoms with E-state index in [-0.39, 0.29) is 11.5 Å². The molecule has 23 heavy (non-hydrogen) atoms. The van der Waals surface area contributed by atoms with E-state index < -0.39 is 5.91 Å². The number of anilines is 2. The first-order valence-corrected chi connectivity index (χ1v) is 6.81. The smallest absolute Gasteiger partial charge is 0.279 e. The van der Waals surface area contributed by atoms with Crippen molar-refractivity contribution in [3.05, 3.63) is 60.8 Å². The molecule has 0 aromatic carbocycles. The molecule has 1 amide bonds. The minimum absolute atomic E-state index is 0.0152. The number of hydrogen-bond donors (Lipinski definition) is 2. The lowest BCUT2D eigenvalue weighted by Crippen LogP contribution is -2.18. The Kier molecular flexibility index (Phi) is 5.30. The van der Waals surface area contributed by atoms with Crippen molar-refractivity contribution in [2.24, 2.45) is 4.99 Å². The van der Waals surface area contributed by atoms with Gasteiger partial charge in [-0.3, -0.25) is 9.79 Å². The predicted molar refractivity (Wildman–Crippen MR) is 91.0 cm³/mol. The van der Waals surface area contributed by atoms with Gasteiger partial charge in [-0.1, -0.05) is 18.7 Å². The van der Waals surface area contributed by atoms with E-state index in [2.05, 4.69) is 31.8 Å². The summed E-state index contributed by atoms with van der Waals surface area (Å²) in [6.07, 6.45) is 7.82. The van der Waals surface area contributed by atoms with Crippen LogP contribution in [0.15, 0.2) is 54.4 Å². The van der Waals surface area contributed by atoms with Crippen LogP contribution in [0.3, 0.4) is 0 Å². The molecule has 2 rings (SSSR count). The molecule has 2 aromatic rings. The summed E-state index contributed by atoms with van der Waals surface area (Å²) in [5.41, 5.74) is 6.85. The summed E-state index contributed by atoms with van der Waals surface area (Å²) in [6, 6.07) is 5.17. The Labute approximate surface area is 133 Å². The largest absolute Gasteiger partial charge is 0.382 e. The van der Waals surface area contributed by atoms with Gasteiger partial charge in [0, 0.05) is 24.2 Å². The van der Waals surface area contributed by atoms with Crippen LogP contribution < -0.4 is 11.1 Å². The highest BCUT2D eigenvalue weighted by Crippen LogP contribution is 2.16. The molecule has 0 radical (unpaired) electrons. The van der Waals surface area contributed by atoms with E-state index in [1.807, 2.05) is 0 Å². The molecule has 7 nitrogen and oxygen atoms in total. The summed E-state index contributed by atoms with van der Waals surface area (Å²) in [5, 5.41) is 2.62. The Hall–Kier alpha value is -3.35. The highest BCUT2D eigenvalue weighted by molar-refractivity contribution is 6.05. The van der Waals surface area contributed by atoms with E-state index in [0.717, 1.165) is 0 Å². The quantitative estimate of drug-likeness (QED) is 0.651. The molecule has 0 unspecified atom stereocenters. The number of pyridine rings is 1. The Morgan fingerprint density at radius 3 is 2.87 bits per heavy atom. The number of nitrogens with two attached hydrogens (primary N) is 1. The Balaban J connectivity index is 2.33. The highest BCUT2D eigenvalue weighted by atomic mass is 16.2. The van der Waals surface area contributed by atoms with Gasteiger partial charge in [-0.05, 0) is 19.1 Å². The lowest BCUT2D eigenvalue weighted by atomic mass is 10.2. The van der Waals surface area contributed by atoms with E-state index in [4.69, 9.17) is 5.73 Å². The van der Waals surface area contributed by atoms with E-state index in [0.29, 0.717) is 17.1 Å². The molecule has 0 atom stereocenters. The number of carbonyl (C=O) groups is 1. The number of nitrogens with one attached hydrogen (secondary N) is 1. The molecule has 0 spiro atoms. The zero-order valence-corrected chi connectivity index (χ0v) is 12.6. The summed E-state index contributed by atoms with van der Waals surface area (Å²) in [5.74, 6) is -0.0540. The van der Waals surface area contributed by atoms with E-state index in [9.17, 15) is 4.79 Å². The van der Waals surface area contributed by atoms with Crippen molar-refractivity contribution in [3.8, 4) is 0 Å².